The van der Waals surface area contributed by atoms with Crippen LogP contribution in [0, 0.1) is 5.82 Å². The zero-order chi connectivity index (χ0) is 18.3. The molecule has 1 aliphatic heterocycles. The van der Waals surface area contributed by atoms with Gasteiger partial charge in [0.25, 0.3) is 0 Å². The van der Waals surface area contributed by atoms with Gasteiger partial charge in [-0.2, -0.15) is 0 Å². The van der Waals surface area contributed by atoms with E-state index in [1.807, 2.05) is 12.1 Å². The fourth-order valence-electron chi connectivity index (χ4n) is 4.15. The first kappa shape index (κ1) is 17.2. The largest absolute Gasteiger partial charge is 0.338 e. The number of hydrogen-bond donors (Lipinski definition) is 1. The van der Waals surface area contributed by atoms with Gasteiger partial charge in [-0.25, -0.2) is 8.78 Å². The number of carbonyl (C=O) groups is 1. The predicted octanol–water partition coefficient (Wildman–Crippen LogP) is 3.42. The molecule has 4 rings (SSSR count). The number of halogens is 2. The molecule has 2 aromatic carbocycles. The van der Waals surface area contributed by atoms with Crippen molar-refractivity contribution in [1.82, 2.24) is 4.90 Å². The highest BCUT2D eigenvalue weighted by Gasteiger charge is 2.36. The zero-order valence-electron chi connectivity index (χ0n) is 14.5. The third kappa shape index (κ3) is 3.12. The molecular formula is C21H22F2N2O. The number of nitrogens with zero attached hydrogens (tertiary/aromatic N) is 1. The molecule has 2 aliphatic rings. The van der Waals surface area contributed by atoms with Crippen molar-refractivity contribution in [3.63, 3.8) is 0 Å². The monoisotopic (exact) mass is 356 g/mol. The summed E-state index contributed by atoms with van der Waals surface area (Å²) in [6.45, 7) is 0.617. The highest BCUT2D eigenvalue weighted by molar-refractivity contribution is 5.83. The fourth-order valence-corrected chi connectivity index (χ4v) is 4.15. The standard InChI is InChI=1S/C21H22F2N2O/c22-16-5-1-13(2-6-16)14-3-7-18-15(11-14)4-8-19(18)20(24)21(26)25-10-9-17(23)12-25/h1-3,5-7,11,17,19-20H,4,8-10,12,24H2/t17?,19?,20-/m0/s1. The van der Waals surface area contributed by atoms with Gasteiger partial charge >= 0.3 is 0 Å². The van der Waals surface area contributed by atoms with E-state index in [1.165, 1.54) is 17.7 Å². The molecule has 1 fully saturated rings. The van der Waals surface area contributed by atoms with Crippen LogP contribution in [0.2, 0.25) is 0 Å². The zero-order valence-corrected chi connectivity index (χ0v) is 14.5. The number of fused-ring (bicyclic) bond motifs is 1. The Balaban J connectivity index is 1.54. The van der Waals surface area contributed by atoms with E-state index in [-0.39, 0.29) is 24.2 Å². The summed E-state index contributed by atoms with van der Waals surface area (Å²) in [5, 5.41) is 0. The Labute approximate surface area is 151 Å². The molecule has 136 valence electrons. The van der Waals surface area contributed by atoms with E-state index in [0.717, 1.165) is 29.5 Å². The van der Waals surface area contributed by atoms with Gasteiger partial charge in [-0.15, -0.1) is 0 Å². The Hall–Kier alpha value is -2.27. The summed E-state index contributed by atoms with van der Waals surface area (Å²) in [6.07, 6.45) is 1.16. The third-order valence-electron chi connectivity index (χ3n) is 5.61. The Kier molecular flexibility index (Phi) is 4.49. The number of nitrogens with two attached hydrogens (primary N) is 1. The third-order valence-corrected chi connectivity index (χ3v) is 5.61. The molecule has 2 unspecified atom stereocenters. The molecule has 0 saturated carbocycles. The van der Waals surface area contributed by atoms with Gasteiger partial charge in [0.15, 0.2) is 0 Å². The van der Waals surface area contributed by atoms with E-state index < -0.39 is 12.2 Å². The van der Waals surface area contributed by atoms with Crippen LogP contribution < -0.4 is 5.73 Å². The van der Waals surface area contributed by atoms with Gasteiger partial charge in [-0.05, 0) is 53.6 Å². The number of alkyl halides is 1. The second kappa shape index (κ2) is 6.80. The number of carbonyl (C=O) groups excluding carboxylic acids is 1. The summed E-state index contributed by atoms with van der Waals surface area (Å²) >= 11 is 0. The lowest BCUT2D eigenvalue weighted by Crippen LogP contribution is -2.45. The van der Waals surface area contributed by atoms with Gasteiger partial charge in [0, 0.05) is 12.5 Å². The maximum absolute atomic E-state index is 13.4. The van der Waals surface area contributed by atoms with Crippen LogP contribution in [0.25, 0.3) is 11.1 Å². The second-order valence-corrected chi connectivity index (χ2v) is 7.26. The summed E-state index contributed by atoms with van der Waals surface area (Å²) in [5.74, 6) is -0.430. The van der Waals surface area contributed by atoms with Gasteiger partial charge in [0.2, 0.25) is 5.91 Å². The van der Waals surface area contributed by atoms with Crippen LogP contribution in [0.15, 0.2) is 42.5 Å². The summed E-state index contributed by atoms with van der Waals surface area (Å²) in [4.78, 5) is 14.2. The normalized spacial score (nSPS) is 23.1. The number of hydrogen-bond acceptors (Lipinski definition) is 2. The van der Waals surface area contributed by atoms with E-state index in [0.29, 0.717) is 13.0 Å². The first-order valence-corrected chi connectivity index (χ1v) is 9.10. The van der Waals surface area contributed by atoms with Crippen molar-refractivity contribution in [3.8, 4) is 11.1 Å². The number of aryl methyl sites for hydroxylation is 1. The van der Waals surface area contributed by atoms with Gasteiger partial charge in [-0.3, -0.25) is 4.79 Å². The van der Waals surface area contributed by atoms with Crippen molar-refractivity contribution in [3.05, 3.63) is 59.4 Å². The Bertz CT molecular complexity index is 821. The van der Waals surface area contributed by atoms with Gasteiger partial charge < -0.3 is 10.6 Å². The first-order chi connectivity index (χ1) is 12.5. The molecule has 1 saturated heterocycles. The van der Waals surface area contributed by atoms with Crippen molar-refractivity contribution in [2.45, 2.75) is 37.4 Å². The van der Waals surface area contributed by atoms with E-state index in [1.54, 1.807) is 17.0 Å². The van der Waals surface area contributed by atoms with Gasteiger partial charge in [0.05, 0.1) is 12.6 Å². The molecule has 0 radical (unpaired) electrons. The number of rotatable bonds is 3. The van der Waals surface area contributed by atoms with Crippen LogP contribution in [-0.2, 0) is 11.2 Å². The average Bonchev–Trinajstić information content (AvgIpc) is 3.27. The molecule has 0 spiro atoms. The van der Waals surface area contributed by atoms with Crippen molar-refractivity contribution in [1.29, 1.82) is 0 Å². The van der Waals surface area contributed by atoms with Crippen molar-refractivity contribution in [2.24, 2.45) is 5.73 Å². The molecule has 0 bridgehead atoms. The Morgan fingerprint density at radius 1 is 1.12 bits per heavy atom. The summed E-state index contributed by atoms with van der Waals surface area (Å²) in [6, 6.07) is 11.9. The van der Waals surface area contributed by atoms with Crippen molar-refractivity contribution >= 4 is 5.91 Å². The van der Waals surface area contributed by atoms with Gasteiger partial charge in [-0.1, -0.05) is 30.3 Å². The maximum atomic E-state index is 13.4. The Morgan fingerprint density at radius 2 is 1.85 bits per heavy atom. The molecular weight excluding hydrogens is 334 g/mol. The van der Waals surface area contributed by atoms with Crippen LogP contribution >= 0.6 is 0 Å². The van der Waals surface area contributed by atoms with Crippen molar-refractivity contribution in [2.75, 3.05) is 13.1 Å². The van der Waals surface area contributed by atoms with Crippen molar-refractivity contribution < 1.29 is 13.6 Å². The van der Waals surface area contributed by atoms with Crippen LogP contribution in [-0.4, -0.2) is 36.1 Å². The number of likely N-dealkylation sites (tertiary alicyclic amines) is 1. The minimum Gasteiger partial charge on any atom is -0.338 e. The summed E-state index contributed by atoms with van der Waals surface area (Å²) < 4.78 is 26.5. The summed E-state index contributed by atoms with van der Waals surface area (Å²) in [7, 11) is 0. The van der Waals surface area contributed by atoms with Crippen LogP contribution in [0.4, 0.5) is 8.78 Å². The highest BCUT2D eigenvalue weighted by Crippen LogP contribution is 2.38. The molecule has 5 heteroatoms. The van der Waals surface area contributed by atoms with Gasteiger partial charge in [0.1, 0.15) is 12.0 Å². The van der Waals surface area contributed by atoms with Crippen LogP contribution in [0.5, 0.6) is 0 Å². The van der Waals surface area contributed by atoms with Crippen LogP contribution in [0.3, 0.4) is 0 Å². The average molecular weight is 356 g/mol. The van der Waals surface area contributed by atoms with Crippen LogP contribution in [0.1, 0.15) is 29.9 Å². The number of amides is 1. The minimum absolute atomic E-state index is 0.0292. The lowest BCUT2D eigenvalue weighted by Gasteiger charge is -2.25. The lowest BCUT2D eigenvalue weighted by molar-refractivity contribution is -0.132. The fraction of sp³-hybridized carbons (Fsp3) is 0.381. The SMILES string of the molecule is N[C@H](C(=O)N1CCC(F)C1)C1CCc2cc(-c3ccc(F)cc3)ccc21. The molecule has 0 aromatic heterocycles. The molecule has 26 heavy (non-hydrogen) atoms. The topological polar surface area (TPSA) is 46.3 Å². The molecule has 2 N–H and O–H groups in total. The quantitative estimate of drug-likeness (QED) is 0.916. The molecule has 3 nitrogen and oxygen atoms in total. The molecule has 2 aromatic rings. The molecule has 1 amide bonds. The highest BCUT2D eigenvalue weighted by atomic mass is 19.1. The van der Waals surface area contributed by atoms with E-state index in [2.05, 4.69) is 6.07 Å². The minimum atomic E-state index is -0.930. The van der Waals surface area contributed by atoms with E-state index >= 15 is 0 Å². The lowest BCUT2D eigenvalue weighted by atomic mass is 9.91. The molecule has 3 atom stereocenters. The second-order valence-electron chi connectivity index (χ2n) is 7.26. The smallest absolute Gasteiger partial charge is 0.240 e. The maximum Gasteiger partial charge on any atom is 0.240 e. The Morgan fingerprint density at radius 3 is 2.54 bits per heavy atom. The predicted molar refractivity (Wildman–Crippen MR) is 97.0 cm³/mol. The summed E-state index contributed by atoms with van der Waals surface area (Å²) in [5.41, 5.74) is 10.6. The number of benzene rings is 2. The molecule has 1 aliphatic carbocycles. The first-order valence-electron chi connectivity index (χ1n) is 9.10. The van der Waals surface area contributed by atoms with E-state index in [4.69, 9.17) is 5.73 Å². The van der Waals surface area contributed by atoms with E-state index in [9.17, 15) is 13.6 Å². The molecule has 1 heterocycles.